The number of hydrogen-bond donors (Lipinski definition) is 2. The number of ether oxygens (including phenoxy) is 3. The average Bonchev–Trinajstić information content (AvgIpc) is 3.71. The zero-order chi connectivity index (χ0) is 37.6. The number of nitrogens with zero attached hydrogens (tertiary/aromatic N) is 2. The molecule has 7 atom stereocenters. The van der Waals surface area contributed by atoms with Crippen LogP contribution < -0.4 is 5.32 Å². The number of carbonyl (C=O) groups excluding carboxylic acids is 4. The first-order chi connectivity index (χ1) is 24.2. The fraction of sp³-hybridized carbons (Fsp3) is 0.650. The molecule has 0 saturated carbocycles. The summed E-state index contributed by atoms with van der Waals surface area (Å²) in [4.78, 5) is 60.3. The Labute approximate surface area is 303 Å². The first kappa shape index (κ1) is 40.2. The van der Waals surface area contributed by atoms with Gasteiger partial charge in [-0.3, -0.25) is 19.2 Å². The van der Waals surface area contributed by atoms with E-state index >= 15 is 0 Å². The Bertz CT molecular complexity index is 1410. The van der Waals surface area contributed by atoms with Crippen LogP contribution in [0.4, 0.5) is 0 Å². The van der Waals surface area contributed by atoms with Gasteiger partial charge in [0.05, 0.1) is 30.6 Å². The molecule has 11 heteroatoms. The third kappa shape index (κ3) is 8.75. The monoisotopic (exact) mass is 709 g/mol. The van der Waals surface area contributed by atoms with Gasteiger partial charge in [0.1, 0.15) is 17.7 Å². The van der Waals surface area contributed by atoms with E-state index in [2.05, 4.69) is 39.2 Å². The lowest BCUT2D eigenvalue weighted by atomic mass is 9.70. The minimum Gasteiger partial charge on any atom is -0.455 e. The van der Waals surface area contributed by atoms with E-state index in [9.17, 15) is 24.3 Å². The minimum atomic E-state index is -1.22. The number of hydrogen-bond acceptors (Lipinski definition) is 8. The molecule has 0 aromatic heterocycles. The van der Waals surface area contributed by atoms with Gasteiger partial charge < -0.3 is 34.4 Å². The van der Waals surface area contributed by atoms with Gasteiger partial charge in [-0.05, 0) is 63.4 Å². The van der Waals surface area contributed by atoms with Crippen LogP contribution in [0.15, 0.2) is 55.6 Å². The maximum atomic E-state index is 14.9. The molecular formula is C40H59N3O8. The lowest BCUT2D eigenvalue weighted by molar-refractivity contribution is -0.163. The lowest BCUT2D eigenvalue weighted by Crippen LogP contribution is -2.61. The highest BCUT2D eigenvalue weighted by molar-refractivity contribution is 5.98. The maximum absolute atomic E-state index is 14.9. The van der Waals surface area contributed by atoms with Crippen molar-refractivity contribution in [1.82, 2.24) is 15.1 Å². The fourth-order valence-corrected chi connectivity index (χ4v) is 8.77. The number of nitrogens with one attached hydrogen (secondary N) is 1. The normalized spacial score (nSPS) is 25.2. The number of methoxy groups -OCH3 is 1. The second-order valence-electron chi connectivity index (χ2n) is 16.0. The van der Waals surface area contributed by atoms with Crippen molar-refractivity contribution in [2.24, 2.45) is 17.3 Å². The molecule has 1 aromatic carbocycles. The number of benzene rings is 1. The van der Waals surface area contributed by atoms with Gasteiger partial charge in [0.2, 0.25) is 17.7 Å². The van der Waals surface area contributed by atoms with Gasteiger partial charge in [-0.25, -0.2) is 0 Å². The Morgan fingerprint density at radius 1 is 1.14 bits per heavy atom. The summed E-state index contributed by atoms with van der Waals surface area (Å²) in [6, 6.07) is 7.47. The smallest absolute Gasteiger partial charge is 0.313 e. The molecule has 0 unspecified atom stereocenters. The summed E-state index contributed by atoms with van der Waals surface area (Å²) in [5.74, 6) is -3.28. The Morgan fingerprint density at radius 3 is 2.45 bits per heavy atom. The van der Waals surface area contributed by atoms with Crippen LogP contribution in [0, 0.1) is 17.3 Å². The molecule has 2 bridgehead atoms. The molecule has 3 aliphatic rings. The topological polar surface area (TPSA) is 135 Å². The van der Waals surface area contributed by atoms with E-state index in [4.69, 9.17) is 14.2 Å². The second-order valence-corrected chi connectivity index (χ2v) is 16.0. The number of esters is 1. The highest BCUT2D eigenvalue weighted by Crippen LogP contribution is 2.59. The van der Waals surface area contributed by atoms with Crippen molar-refractivity contribution in [2.75, 3.05) is 33.4 Å². The van der Waals surface area contributed by atoms with Gasteiger partial charge >= 0.3 is 5.97 Å². The molecule has 3 aliphatic heterocycles. The highest BCUT2D eigenvalue weighted by atomic mass is 16.6. The highest BCUT2D eigenvalue weighted by Gasteiger charge is 2.75. The molecule has 3 heterocycles. The first-order valence-electron chi connectivity index (χ1n) is 18.3. The number of aliphatic hydroxyl groups is 1. The van der Waals surface area contributed by atoms with Crippen molar-refractivity contribution in [3.63, 3.8) is 0 Å². The van der Waals surface area contributed by atoms with Crippen LogP contribution in [0.3, 0.4) is 0 Å². The number of rotatable bonds is 19. The number of unbranched alkanes of at least 4 members (excludes halogenated alkanes) is 1. The summed E-state index contributed by atoms with van der Waals surface area (Å²) in [5.41, 5.74) is -1.23. The molecule has 0 radical (unpaired) electrons. The van der Waals surface area contributed by atoms with E-state index in [1.807, 2.05) is 44.2 Å². The van der Waals surface area contributed by atoms with Gasteiger partial charge in [0.15, 0.2) is 0 Å². The Morgan fingerprint density at radius 2 is 1.84 bits per heavy atom. The summed E-state index contributed by atoms with van der Waals surface area (Å²) in [5, 5.41) is 12.6. The molecule has 11 nitrogen and oxygen atoms in total. The zero-order valence-corrected chi connectivity index (χ0v) is 31.4. The molecular weight excluding hydrogens is 650 g/mol. The molecule has 3 saturated heterocycles. The van der Waals surface area contributed by atoms with E-state index in [0.717, 1.165) is 0 Å². The Hall–Kier alpha value is -3.54. The molecule has 0 aliphatic carbocycles. The van der Waals surface area contributed by atoms with Crippen LogP contribution in [0.1, 0.15) is 91.2 Å². The number of allylic oxidation sites excluding steroid dienone is 1. The maximum Gasteiger partial charge on any atom is 0.313 e. The fourth-order valence-electron chi connectivity index (χ4n) is 8.77. The Balaban J connectivity index is 1.72. The summed E-state index contributed by atoms with van der Waals surface area (Å²) >= 11 is 0. The van der Waals surface area contributed by atoms with Crippen LogP contribution >= 0.6 is 0 Å². The van der Waals surface area contributed by atoms with Gasteiger partial charge in [-0.1, -0.05) is 63.3 Å². The molecule has 282 valence electrons. The predicted molar refractivity (Wildman–Crippen MR) is 194 cm³/mol. The van der Waals surface area contributed by atoms with E-state index in [1.54, 1.807) is 22.0 Å². The largest absolute Gasteiger partial charge is 0.455 e. The van der Waals surface area contributed by atoms with Crippen LogP contribution in [-0.4, -0.2) is 101 Å². The third-order valence-corrected chi connectivity index (χ3v) is 10.4. The molecule has 1 aromatic rings. The van der Waals surface area contributed by atoms with E-state index in [1.165, 1.54) is 7.11 Å². The van der Waals surface area contributed by atoms with Crippen molar-refractivity contribution in [2.45, 2.75) is 115 Å². The van der Waals surface area contributed by atoms with Crippen molar-refractivity contribution in [1.29, 1.82) is 0 Å². The number of likely N-dealkylation sites (tertiary alicyclic amines) is 1. The van der Waals surface area contributed by atoms with Crippen LogP contribution in [0.5, 0.6) is 0 Å². The predicted octanol–water partition coefficient (Wildman–Crippen LogP) is 4.74. The first-order valence-corrected chi connectivity index (χ1v) is 18.3. The summed E-state index contributed by atoms with van der Waals surface area (Å²) in [6.45, 7) is 18.6. The number of carbonyl (C=O) groups is 4. The van der Waals surface area contributed by atoms with Crippen LogP contribution in [0.2, 0.25) is 0 Å². The zero-order valence-electron chi connectivity index (χ0n) is 31.4. The van der Waals surface area contributed by atoms with Crippen molar-refractivity contribution in [3.05, 3.63) is 61.2 Å². The van der Waals surface area contributed by atoms with E-state index < -0.39 is 53.2 Å². The van der Waals surface area contributed by atoms with Gasteiger partial charge in [0, 0.05) is 38.8 Å². The van der Waals surface area contributed by atoms with Gasteiger partial charge in [0.25, 0.3) is 0 Å². The molecule has 2 N–H and O–H groups in total. The van der Waals surface area contributed by atoms with Crippen LogP contribution in [0.25, 0.3) is 0 Å². The Kier molecular flexibility index (Phi) is 13.3. The van der Waals surface area contributed by atoms with E-state index in [-0.39, 0.29) is 55.9 Å². The number of amides is 3. The third-order valence-electron chi connectivity index (χ3n) is 10.4. The minimum absolute atomic E-state index is 0.0441. The van der Waals surface area contributed by atoms with Gasteiger partial charge in [-0.2, -0.15) is 0 Å². The standard InChI is InChI=1S/C40H59N3O8/c1-9-11-19-30(45)41-28(25-49-8)33(27-17-13-12-14-18-27)50-37(48)31-29-20-21-40(51-29)32(31)35(46)42(23-15-16-24-44)34(40)36(47)43(22-10-2)39(6,7)26-38(3,4)5/h9-10,12-14,17-18,28-29,31-34,44H,1-2,11,15-16,19-26H2,3-8H3,(H,41,45)/t28-,29+,31-,32-,33-,34+,40-/m1/s1. The average molecular weight is 710 g/mol. The van der Waals surface area contributed by atoms with Crippen molar-refractivity contribution in [3.8, 4) is 0 Å². The molecule has 51 heavy (non-hydrogen) atoms. The summed E-state index contributed by atoms with van der Waals surface area (Å²) in [6.07, 6.45) is 5.11. The molecule has 3 fully saturated rings. The number of fused-ring (bicyclic) bond motifs is 1. The second kappa shape index (κ2) is 16.9. The van der Waals surface area contributed by atoms with Gasteiger partial charge in [-0.15, -0.1) is 13.2 Å². The molecule has 1 spiro atoms. The number of aliphatic hydroxyl groups excluding tert-OH is 1. The summed E-state index contributed by atoms with van der Waals surface area (Å²) in [7, 11) is 1.51. The summed E-state index contributed by atoms with van der Waals surface area (Å²) < 4.78 is 18.5. The lowest BCUT2D eigenvalue weighted by Gasteiger charge is -2.45. The van der Waals surface area contributed by atoms with Crippen molar-refractivity contribution < 1.29 is 38.5 Å². The molecule has 3 amide bonds. The van der Waals surface area contributed by atoms with Crippen LogP contribution in [-0.2, 0) is 33.4 Å². The SMILES string of the molecule is C=CCCC(=O)N[C@H](COC)[C@H](OC(=O)[C@@H]1[C@@H]2CC[C@]3(O2)[C@H](C(=O)N(CC=C)C(C)(C)CC(C)(C)C)N(CCCCO)C(=O)[C@@H]13)c1ccccc1. The van der Waals surface area contributed by atoms with Crippen molar-refractivity contribution >= 4 is 23.7 Å². The quantitative estimate of drug-likeness (QED) is 0.120. The van der Waals surface area contributed by atoms with E-state index in [0.29, 0.717) is 44.1 Å². The molecule has 4 rings (SSSR count).